The van der Waals surface area contributed by atoms with Gasteiger partial charge in [0.05, 0.1) is 16.6 Å². The highest BCUT2D eigenvalue weighted by Gasteiger charge is 2.47. The SMILES string of the molecule is Cc1nc(N2C[C@H]3CCN(c4ncnc5[nH]ccc45)C[C@@]3(C)C2)ccc1C#N. The van der Waals surface area contributed by atoms with Crippen molar-refractivity contribution in [3.05, 3.63) is 42.0 Å². The van der Waals surface area contributed by atoms with Gasteiger partial charge in [-0.15, -0.1) is 0 Å². The van der Waals surface area contributed by atoms with Crippen molar-refractivity contribution in [3.63, 3.8) is 0 Å². The molecule has 2 fully saturated rings. The molecular weight excluding hydrogens is 350 g/mol. The molecule has 0 aliphatic carbocycles. The molecule has 5 heterocycles. The number of piperidine rings is 1. The van der Waals surface area contributed by atoms with Crippen molar-refractivity contribution in [1.82, 2.24) is 19.9 Å². The molecule has 7 nitrogen and oxygen atoms in total. The molecular formula is C21H23N7. The summed E-state index contributed by atoms with van der Waals surface area (Å²) in [4.78, 5) is 21.6. The highest BCUT2D eigenvalue weighted by atomic mass is 15.3. The first-order valence-electron chi connectivity index (χ1n) is 9.73. The molecule has 0 saturated carbocycles. The van der Waals surface area contributed by atoms with Crippen LogP contribution in [0.2, 0.25) is 0 Å². The number of rotatable bonds is 2. The second-order valence-corrected chi connectivity index (χ2v) is 8.29. The number of hydrogen-bond donors (Lipinski definition) is 1. The summed E-state index contributed by atoms with van der Waals surface area (Å²) in [6.45, 7) is 8.26. The number of nitriles is 1. The molecule has 1 N–H and O–H groups in total. The Bertz CT molecular complexity index is 1080. The number of fused-ring (bicyclic) bond motifs is 2. The number of aryl methyl sites for hydroxylation is 1. The number of aromatic nitrogens is 4. The molecule has 2 aliphatic heterocycles. The third-order valence-corrected chi connectivity index (χ3v) is 6.43. The van der Waals surface area contributed by atoms with E-state index >= 15 is 0 Å². The predicted octanol–water partition coefficient (Wildman–Crippen LogP) is 2.89. The second kappa shape index (κ2) is 6.20. The third kappa shape index (κ3) is 2.60. The van der Waals surface area contributed by atoms with Gasteiger partial charge >= 0.3 is 0 Å². The first kappa shape index (κ1) is 17.0. The molecule has 2 atom stereocenters. The quantitative estimate of drug-likeness (QED) is 0.743. The first-order chi connectivity index (χ1) is 13.6. The van der Waals surface area contributed by atoms with Crippen LogP contribution < -0.4 is 9.80 Å². The maximum atomic E-state index is 9.16. The Morgan fingerprint density at radius 1 is 1.21 bits per heavy atom. The molecule has 142 valence electrons. The lowest BCUT2D eigenvalue weighted by Gasteiger charge is -2.42. The molecule has 0 bridgehead atoms. The third-order valence-electron chi connectivity index (χ3n) is 6.43. The molecule has 0 radical (unpaired) electrons. The summed E-state index contributed by atoms with van der Waals surface area (Å²) in [5.41, 5.74) is 2.52. The van der Waals surface area contributed by atoms with Crippen LogP contribution in [0.15, 0.2) is 30.7 Å². The molecule has 0 spiro atoms. The summed E-state index contributed by atoms with van der Waals surface area (Å²) in [6.07, 6.45) is 4.71. The molecule has 0 aromatic carbocycles. The number of hydrogen-bond acceptors (Lipinski definition) is 6. The van der Waals surface area contributed by atoms with Crippen LogP contribution >= 0.6 is 0 Å². The van der Waals surface area contributed by atoms with Gasteiger partial charge in [0.2, 0.25) is 0 Å². The van der Waals surface area contributed by atoms with Gasteiger partial charge in [0, 0.05) is 37.8 Å². The number of H-pyrrole nitrogens is 1. The Hall–Kier alpha value is -3.14. The van der Waals surface area contributed by atoms with Crippen molar-refractivity contribution < 1.29 is 0 Å². The normalized spacial score (nSPS) is 24.4. The van der Waals surface area contributed by atoms with E-state index in [1.165, 1.54) is 0 Å². The lowest BCUT2D eigenvalue weighted by molar-refractivity contribution is 0.216. The van der Waals surface area contributed by atoms with Gasteiger partial charge in [-0.25, -0.2) is 15.0 Å². The van der Waals surface area contributed by atoms with Crippen molar-refractivity contribution in [1.29, 1.82) is 5.26 Å². The molecule has 2 saturated heterocycles. The van der Waals surface area contributed by atoms with Crippen molar-refractivity contribution >= 4 is 22.7 Å². The number of nitrogens with one attached hydrogen (secondary N) is 1. The maximum Gasteiger partial charge on any atom is 0.142 e. The second-order valence-electron chi connectivity index (χ2n) is 8.29. The number of anilines is 2. The molecule has 0 unspecified atom stereocenters. The fourth-order valence-electron chi connectivity index (χ4n) is 4.87. The highest BCUT2D eigenvalue weighted by Crippen LogP contribution is 2.44. The average Bonchev–Trinajstić information content (AvgIpc) is 3.30. The minimum Gasteiger partial charge on any atom is -0.356 e. The van der Waals surface area contributed by atoms with Gasteiger partial charge in [-0.3, -0.25) is 0 Å². The molecule has 28 heavy (non-hydrogen) atoms. The standard InChI is InChI=1S/C21H23N7/c1-14-15(9-22)3-4-18(26-14)28-10-16-6-8-27(11-21(16,2)12-28)20-17-5-7-23-19(17)24-13-25-20/h3-5,7,13,16H,6,8,10-12H2,1-2H3,(H,23,24,25)/t16-,21+/m1/s1. The van der Waals surface area contributed by atoms with Crippen LogP contribution in [0.25, 0.3) is 11.0 Å². The van der Waals surface area contributed by atoms with Crippen LogP contribution in [0, 0.1) is 29.6 Å². The molecule has 7 heteroatoms. The van der Waals surface area contributed by atoms with Crippen LogP contribution in [0.5, 0.6) is 0 Å². The van der Waals surface area contributed by atoms with E-state index in [9.17, 15) is 0 Å². The monoisotopic (exact) mass is 373 g/mol. The van der Waals surface area contributed by atoms with Gasteiger partial charge in [-0.2, -0.15) is 5.26 Å². The van der Waals surface area contributed by atoms with E-state index < -0.39 is 0 Å². The van der Waals surface area contributed by atoms with E-state index in [-0.39, 0.29) is 5.41 Å². The molecule has 5 rings (SSSR count). The zero-order valence-electron chi connectivity index (χ0n) is 16.2. The van der Waals surface area contributed by atoms with Gasteiger partial charge in [0.1, 0.15) is 29.7 Å². The summed E-state index contributed by atoms with van der Waals surface area (Å²) >= 11 is 0. The van der Waals surface area contributed by atoms with Gasteiger partial charge in [-0.1, -0.05) is 6.92 Å². The molecule has 0 amide bonds. The van der Waals surface area contributed by atoms with Crippen molar-refractivity contribution in [3.8, 4) is 6.07 Å². The Morgan fingerprint density at radius 3 is 2.89 bits per heavy atom. The number of nitrogens with zero attached hydrogens (tertiary/aromatic N) is 6. The summed E-state index contributed by atoms with van der Waals surface area (Å²) in [6, 6.07) is 8.13. The van der Waals surface area contributed by atoms with Crippen molar-refractivity contribution in [2.75, 3.05) is 36.0 Å². The topological polar surface area (TPSA) is 84.7 Å². The molecule has 3 aromatic heterocycles. The van der Waals surface area contributed by atoms with E-state index in [2.05, 4.69) is 43.8 Å². The van der Waals surface area contributed by atoms with E-state index in [4.69, 9.17) is 10.2 Å². The fraction of sp³-hybridized carbons (Fsp3) is 0.429. The van der Waals surface area contributed by atoms with Gasteiger partial charge in [0.15, 0.2) is 0 Å². The maximum absolute atomic E-state index is 9.16. The van der Waals surface area contributed by atoms with E-state index in [0.717, 1.165) is 61.0 Å². The van der Waals surface area contributed by atoms with E-state index in [0.29, 0.717) is 11.5 Å². The summed E-state index contributed by atoms with van der Waals surface area (Å²) in [7, 11) is 0. The van der Waals surface area contributed by atoms with Crippen LogP contribution in [0.3, 0.4) is 0 Å². The smallest absolute Gasteiger partial charge is 0.142 e. The zero-order chi connectivity index (χ0) is 19.3. The summed E-state index contributed by atoms with van der Waals surface area (Å²) in [5.74, 6) is 2.63. The minimum absolute atomic E-state index is 0.176. The van der Waals surface area contributed by atoms with Crippen LogP contribution in [0.4, 0.5) is 11.6 Å². The first-order valence-corrected chi connectivity index (χ1v) is 9.73. The Balaban J connectivity index is 1.41. The fourth-order valence-corrected chi connectivity index (χ4v) is 4.87. The molecule has 2 aliphatic rings. The summed E-state index contributed by atoms with van der Waals surface area (Å²) < 4.78 is 0. The predicted molar refractivity (Wildman–Crippen MR) is 108 cm³/mol. The van der Waals surface area contributed by atoms with Gasteiger partial charge in [0.25, 0.3) is 0 Å². The van der Waals surface area contributed by atoms with Gasteiger partial charge in [-0.05, 0) is 37.5 Å². The Labute approximate surface area is 164 Å². The Morgan fingerprint density at radius 2 is 2.07 bits per heavy atom. The lowest BCUT2D eigenvalue weighted by atomic mass is 9.75. The van der Waals surface area contributed by atoms with Gasteiger partial charge < -0.3 is 14.8 Å². The molecule has 3 aromatic rings. The van der Waals surface area contributed by atoms with Crippen LogP contribution in [0.1, 0.15) is 24.6 Å². The Kier molecular flexibility index (Phi) is 3.76. The average molecular weight is 373 g/mol. The van der Waals surface area contributed by atoms with Crippen LogP contribution in [-0.2, 0) is 0 Å². The zero-order valence-corrected chi connectivity index (χ0v) is 16.2. The highest BCUT2D eigenvalue weighted by molar-refractivity contribution is 5.87. The van der Waals surface area contributed by atoms with Crippen LogP contribution in [-0.4, -0.2) is 46.1 Å². The van der Waals surface area contributed by atoms with Crippen molar-refractivity contribution in [2.45, 2.75) is 20.3 Å². The lowest BCUT2D eigenvalue weighted by Crippen LogP contribution is -2.47. The van der Waals surface area contributed by atoms with E-state index in [1.54, 1.807) is 6.33 Å². The van der Waals surface area contributed by atoms with E-state index in [1.807, 2.05) is 25.3 Å². The summed E-state index contributed by atoms with van der Waals surface area (Å²) in [5, 5.41) is 10.2. The largest absolute Gasteiger partial charge is 0.356 e. The number of pyridine rings is 1. The minimum atomic E-state index is 0.176. The number of aromatic amines is 1. The van der Waals surface area contributed by atoms with Crippen molar-refractivity contribution in [2.24, 2.45) is 11.3 Å².